The number of hydrogen-bond acceptors (Lipinski definition) is 5. The van der Waals surface area contributed by atoms with Gasteiger partial charge in [-0.15, -0.1) is 0 Å². The van der Waals surface area contributed by atoms with Crippen LogP contribution < -0.4 is 4.74 Å². The van der Waals surface area contributed by atoms with Crippen LogP contribution in [0.3, 0.4) is 0 Å². The molecule has 2 aromatic rings. The Kier molecular flexibility index (Phi) is 11.3. The van der Waals surface area contributed by atoms with Gasteiger partial charge in [-0.1, -0.05) is 35.8 Å². The summed E-state index contributed by atoms with van der Waals surface area (Å²) in [6.07, 6.45) is -4.17. The number of nitrogens with zero attached hydrogens (tertiary/aromatic N) is 1. The van der Waals surface area contributed by atoms with Crippen molar-refractivity contribution in [3.05, 3.63) is 53.6 Å². The fourth-order valence-corrected chi connectivity index (χ4v) is 6.98. The fraction of sp³-hybridized carbons (Fsp3) is 0.600. The van der Waals surface area contributed by atoms with E-state index in [-0.39, 0.29) is 28.6 Å². The zero-order valence-electron chi connectivity index (χ0n) is 24.0. The molecule has 1 aliphatic rings. The van der Waals surface area contributed by atoms with Gasteiger partial charge in [0.05, 0.1) is 6.61 Å². The van der Waals surface area contributed by atoms with Crippen LogP contribution >= 0.6 is 0 Å². The van der Waals surface area contributed by atoms with Gasteiger partial charge in [0.25, 0.3) is 0 Å². The Hall–Kier alpha value is -2.44. The molecule has 1 aliphatic heterocycles. The van der Waals surface area contributed by atoms with Crippen LogP contribution in [0.1, 0.15) is 68.9 Å². The van der Waals surface area contributed by atoms with Crippen molar-refractivity contribution in [2.45, 2.75) is 75.3 Å². The van der Waals surface area contributed by atoms with Gasteiger partial charge in [0.15, 0.2) is 0 Å². The number of phenolic OH excluding ortho intramolecular Hbond substituents is 2. The summed E-state index contributed by atoms with van der Waals surface area (Å²) < 4.78 is 91.0. The summed E-state index contributed by atoms with van der Waals surface area (Å²) in [6.45, 7) is 4.03. The molecule has 0 saturated carbocycles. The van der Waals surface area contributed by atoms with Crippen LogP contribution in [0.25, 0.3) is 0 Å². The number of unbranched alkanes of at least 4 members (excludes halogenated alkanes) is 2. The first kappa shape index (κ1) is 34.1. The van der Waals surface area contributed by atoms with E-state index < -0.39 is 40.9 Å². The number of phenols is 2. The van der Waals surface area contributed by atoms with Gasteiger partial charge >= 0.3 is 12.1 Å². The van der Waals surface area contributed by atoms with Crippen LogP contribution in [-0.4, -0.2) is 70.0 Å². The molecule has 3 rings (SSSR count). The van der Waals surface area contributed by atoms with Gasteiger partial charge in [0.1, 0.15) is 28.8 Å². The lowest BCUT2D eigenvalue weighted by molar-refractivity contribution is -0.284. The Morgan fingerprint density at radius 1 is 0.929 bits per heavy atom. The van der Waals surface area contributed by atoms with E-state index in [2.05, 4.69) is 11.8 Å². The topological polar surface area (TPSA) is 90.2 Å². The zero-order chi connectivity index (χ0) is 31.2. The van der Waals surface area contributed by atoms with E-state index in [1.807, 2.05) is 25.2 Å². The van der Waals surface area contributed by atoms with Crippen LogP contribution in [0.5, 0.6) is 17.2 Å². The molecule has 6 nitrogen and oxygen atoms in total. The molecule has 2 aromatic carbocycles. The van der Waals surface area contributed by atoms with Gasteiger partial charge in [-0.25, -0.2) is 0 Å². The molecule has 236 valence electrons. The Morgan fingerprint density at radius 2 is 1.52 bits per heavy atom. The third-order valence-corrected chi connectivity index (χ3v) is 9.95. The molecule has 12 heteroatoms. The smallest absolute Gasteiger partial charge is 0.453 e. The molecule has 1 heterocycles. The summed E-state index contributed by atoms with van der Waals surface area (Å²) in [5, 5.41) is 19.7. The third-order valence-electron chi connectivity index (χ3n) is 8.10. The van der Waals surface area contributed by atoms with E-state index in [1.165, 1.54) is 0 Å². The Labute approximate surface area is 245 Å². The van der Waals surface area contributed by atoms with Crippen molar-refractivity contribution in [1.82, 2.24) is 4.90 Å². The van der Waals surface area contributed by atoms with Crippen molar-refractivity contribution in [3.8, 4) is 17.2 Å². The quantitative estimate of drug-likeness (QED) is 0.109. The first-order chi connectivity index (χ1) is 19.5. The zero-order valence-corrected chi connectivity index (χ0v) is 24.8. The summed E-state index contributed by atoms with van der Waals surface area (Å²) in [5.41, 5.74) is 1.73. The molecule has 3 N–H and O–H groups in total. The van der Waals surface area contributed by atoms with Crippen LogP contribution in [-0.2, 0) is 19.8 Å². The minimum absolute atomic E-state index is 0.116. The average molecular weight is 623 g/mol. The maximum absolute atomic E-state index is 13.0. The number of hydrogen-bond donors (Lipinski definition) is 3. The van der Waals surface area contributed by atoms with Crippen LogP contribution in [0.2, 0.25) is 0 Å². The molecular formula is C30H41F5NO5S+. The van der Waals surface area contributed by atoms with E-state index in [4.69, 9.17) is 4.74 Å². The van der Waals surface area contributed by atoms with Crippen molar-refractivity contribution < 1.29 is 45.7 Å². The maximum Gasteiger partial charge on any atom is 0.453 e. The fourth-order valence-electron chi connectivity index (χ4n) is 5.52. The van der Waals surface area contributed by atoms with E-state index in [0.29, 0.717) is 31.7 Å². The second kappa shape index (κ2) is 13.9. The molecule has 0 bridgehead atoms. The monoisotopic (exact) mass is 622 g/mol. The lowest BCUT2D eigenvalue weighted by Gasteiger charge is -2.43. The maximum atomic E-state index is 13.0. The summed E-state index contributed by atoms with van der Waals surface area (Å²) in [5.74, 6) is -4.45. The number of rotatable bonds is 15. The highest BCUT2D eigenvalue weighted by Crippen LogP contribution is 2.49. The minimum Gasteiger partial charge on any atom is -0.508 e. The first-order valence-corrected chi connectivity index (χ1v) is 16.0. The Bertz CT molecular complexity index is 1210. The van der Waals surface area contributed by atoms with E-state index in [1.54, 1.807) is 24.3 Å². The highest BCUT2D eigenvalue weighted by molar-refractivity contribution is 7.97. The van der Waals surface area contributed by atoms with Crippen molar-refractivity contribution in [2.75, 3.05) is 38.2 Å². The second-order valence-corrected chi connectivity index (χ2v) is 13.9. The van der Waals surface area contributed by atoms with Gasteiger partial charge in [0.2, 0.25) is 10.2 Å². The number of ether oxygens (including phenoxy) is 1. The highest BCUT2D eigenvalue weighted by atomic mass is 32.3. The lowest BCUT2D eigenvalue weighted by atomic mass is 9.66. The van der Waals surface area contributed by atoms with Crippen molar-refractivity contribution in [3.63, 3.8) is 0 Å². The number of aromatic hydroxyl groups is 2. The molecule has 0 fully saturated rings. The standard InChI is InChI=1S/C30H40F5NO5S/c1-28(22-9-11-23(37)12-10-22)21-41-27-20-24(38)13-14-25(27)26(28)8-3-4-16-36(2)17-5-6-18-42(39,40)19-7-15-29(31,32)30(33,34)35/h9-14,20,26H,3-8,15-19,21H2,1-2H3,(H2-,37,38,39,40)/p+1/t26-,28-/m1/s1. The van der Waals surface area contributed by atoms with Gasteiger partial charge in [-0.2, -0.15) is 26.5 Å². The first-order valence-electron chi connectivity index (χ1n) is 14.1. The average Bonchev–Trinajstić information content (AvgIpc) is 2.89. The van der Waals surface area contributed by atoms with E-state index in [0.717, 1.165) is 36.9 Å². The summed E-state index contributed by atoms with van der Waals surface area (Å²) in [4.78, 5) is 2.11. The summed E-state index contributed by atoms with van der Waals surface area (Å²) in [6, 6.07) is 12.4. The Balaban J connectivity index is 1.44. The van der Waals surface area contributed by atoms with Crippen LogP contribution in [0, 0.1) is 0 Å². The number of halogens is 5. The predicted octanol–water partition coefficient (Wildman–Crippen LogP) is 7.36. The van der Waals surface area contributed by atoms with Gasteiger partial charge in [0, 0.05) is 30.2 Å². The molecule has 0 saturated heterocycles. The number of alkyl halides is 5. The normalized spacial score (nSPS) is 20.6. The van der Waals surface area contributed by atoms with Gasteiger partial charge in [-0.05, 0) is 75.1 Å². The predicted molar refractivity (Wildman–Crippen MR) is 153 cm³/mol. The number of fused-ring (bicyclic) bond motifs is 1. The SMILES string of the molecule is CN(CCCC[C@@H]1c2ccc(O)cc2OC[C@]1(C)c1ccc(O)cc1)CCCC[S+](=O)(O)CCCC(F)(F)C(F)(F)F. The molecule has 0 radical (unpaired) electrons. The van der Waals surface area contributed by atoms with Crippen molar-refractivity contribution >= 4 is 10.2 Å². The highest BCUT2D eigenvalue weighted by Gasteiger charge is 2.56. The van der Waals surface area contributed by atoms with Gasteiger partial charge in [-0.3, -0.25) is 0 Å². The third kappa shape index (κ3) is 9.03. The molecular weight excluding hydrogens is 581 g/mol. The minimum atomic E-state index is -5.65. The largest absolute Gasteiger partial charge is 0.508 e. The van der Waals surface area contributed by atoms with Gasteiger partial charge < -0.3 is 19.8 Å². The van der Waals surface area contributed by atoms with Crippen LogP contribution in [0.4, 0.5) is 22.0 Å². The molecule has 1 unspecified atom stereocenters. The lowest BCUT2D eigenvalue weighted by Crippen LogP contribution is -2.40. The summed E-state index contributed by atoms with van der Waals surface area (Å²) >= 11 is 0. The van der Waals surface area contributed by atoms with Crippen LogP contribution in [0.15, 0.2) is 42.5 Å². The number of benzene rings is 2. The van der Waals surface area contributed by atoms with Crippen molar-refractivity contribution in [1.29, 1.82) is 0 Å². The molecule has 0 aromatic heterocycles. The molecule has 0 aliphatic carbocycles. The van der Waals surface area contributed by atoms with Crippen molar-refractivity contribution in [2.24, 2.45) is 0 Å². The van der Waals surface area contributed by atoms with E-state index >= 15 is 0 Å². The Morgan fingerprint density at radius 3 is 2.17 bits per heavy atom. The molecule has 42 heavy (non-hydrogen) atoms. The van der Waals surface area contributed by atoms with E-state index in [9.17, 15) is 40.9 Å². The molecule has 3 atom stereocenters. The second-order valence-electron chi connectivity index (χ2n) is 11.5. The molecule has 0 amide bonds. The summed E-state index contributed by atoms with van der Waals surface area (Å²) in [7, 11) is -1.51. The molecule has 0 spiro atoms.